The van der Waals surface area contributed by atoms with Gasteiger partial charge in [0.15, 0.2) is 12.4 Å². The molecule has 0 saturated carbocycles. The summed E-state index contributed by atoms with van der Waals surface area (Å²) in [5.74, 6) is 0.507. The number of nitrogens with zero attached hydrogens (tertiary/aromatic N) is 3. The zero-order valence-corrected chi connectivity index (χ0v) is 18.8. The van der Waals surface area contributed by atoms with Crippen LogP contribution in [0.3, 0.4) is 0 Å². The summed E-state index contributed by atoms with van der Waals surface area (Å²) in [5.41, 5.74) is 1.91. The molecule has 0 atom stereocenters. The maximum atomic E-state index is 12.4. The summed E-state index contributed by atoms with van der Waals surface area (Å²) in [6, 6.07) is 16.4. The summed E-state index contributed by atoms with van der Waals surface area (Å²) in [4.78, 5) is 24.4. The van der Waals surface area contributed by atoms with E-state index in [1.54, 1.807) is 47.0 Å². The molecule has 2 heterocycles. The van der Waals surface area contributed by atoms with Gasteiger partial charge in [-0.1, -0.05) is 12.1 Å². The van der Waals surface area contributed by atoms with Gasteiger partial charge < -0.3 is 14.7 Å². The largest absolute Gasteiger partial charge is 0.506 e. The van der Waals surface area contributed by atoms with Crippen molar-refractivity contribution in [3.63, 3.8) is 0 Å². The second kappa shape index (κ2) is 10.3. The normalized spacial score (nSPS) is 13.0. The number of ketones is 1. The lowest BCUT2D eigenvalue weighted by Crippen LogP contribution is -2.22. The van der Waals surface area contributed by atoms with Crippen LogP contribution in [-0.2, 0) is 0 Å². The molecule has 0 spiro atoms. The Morgan fingerprint density at radius 2 is 1.71 bits per heavy atom. The molecule has 8 heteroatoms. The van der Waals surface area contributed by atoms with Crippen molar-refractivity contribution in [3.05, 3.63) is 136 Å². The van der Waals surface area contributed by atoms with Gasteiger partial charge in [0.1, 0.15) is 11.5 Å². The number of non-ortho nitro benzene ring substituents is 1. The number of aromatic nitrogens is 1. The molecule has 1 N–H and O–H groups in total. The number of carbonyl (C=O) groups excluding carboxylic acids is 1. The lowest BCUT2D eigenvalue weighted by Gasteiger charge is -2.15. The molecule has 1 aliphatic rings. The molecule has 8 nitrogen and oxygen atoms in total. The maximum Gasteiger partial charge on any atom is 0.269 e. The van der Waals surface area contributed by atoms with Crippen molar-refractivity contribution < 1.29 is 23.8 Å². The molecule has 0 saturated heterocycles. The Morgan fingerprint density at radius 3 is 2.34 bits per heavy atom. The summed E-state index contributed by atoms with van der Waals surface area (Å²) in [6.45, 7) is 0. The smallest absolute Gasteiger partial charge is 0.269 e. The standard InChI is InChI=1S/C27H21N3O5/c1-35-25-4-2-3-23(17-25)27(32)19-29-15-11-21(12-16-29)20-9-13-28(14-10-20)18-26(31)22-5-7-24(8-6-22)30(33)34/h2-19H,1H3/p+1/b27-19+. The quantitative estimate of drug-likeness (QED) is 0.194. The predicted octanol–water partition coefficient (Wildman–Crippen LogP) is 3.83. The van der Waals surface area contributed by atoms with E-state index in [9.17, 15) is 20.0 Å². The van der Waals surface area contributed by atoms with Crippen LogP contribution in [0.15, 0.2) is 104 Å². The Balaban J connectivity index is 1.48. The third kappa shape index (κ3) is 5.69. The number of carbonyl (C=O) groups is 1. The molecule has 0 fully saturated rings. The van der Waals surface area contributed by atoms with Crippen LogP contribution in [0.1, 0.15) is 15.9 Å². The number of aliphatic hydroxyl groups is 1. The molecule has 0 aliphatic carbocycles. The molecule has 1 aromatic heterocycles. The van der Waals surface area contributed by atoms with Crippen molar-refractivity contribution >= 4 is 22.8 Å². The number of Topliss-reactive ketones (excluding diaryl/α,β-unsaturated/α-hetero) is 1. The third-order valence-corrected chi connectivity index (χ3v) is 5.30. The van der Waals surface area contributed by atoms with Gasteiger partial charge in [0.25, 0.3) is 5.69 Å². The second-order valence-corrected chi connectivity index (χ2v) is 7.61. The first-order valence-electron chi connectivity index (χ1n) is 10.6. The summed E-state index contributed by atoms with van der Waals surface area (Å²) in [5, 5.41) is 22.1. The summed E-state index contributed by atoms with van der Waals surface area (Å²) < 4.78 is 6.82. The van der Waals surface area contributed by atoms with E-state index in [4.69, 9.17) is 4.74 Å². The monoisotopic (exact) mass is 468 g/mol. The molecular formula is C27H22N3O5+. The Hall–Kier alpha value is -4.98. The second-order valence-electron chi connectivity index (χ2n) is 7.61. The maximum absolute atomic E-state index is 12.4. The van der Waals surface area contributed by atoms with Crippen molar-refractivity contribution in [3.8, 4) is 5.75 Å². The number of aliphatic hydroxyl groups excluding tert-OH is 1. The lowest BCUT2D eigenvalue weighted by atomic mass is 10.1. The zero-order valence-electron chi connectivity index (χ0n) is 18.8. The lowest BCUT2D eigenvalue weighted by molar-refractivity contribution is -0.505. The highest BCUT2D eigenvalue weighted by Gasteiger charge is 2.10. The number of allylic oxidation sites excluding steroid dienone is 2. The molecule has 0 radical (unpaired) electrons. The third-order valence-electron chi connectivity index (χ3n) is 5.30. The molecule has 2 aromatic carbocycles. The van der Waals surface area contributed by atoms with Crippen LogP contribution in [0.2, 0.25) is 0 Å². The Morgan fingerprint density at radius 1 is 1.03 bits per heavy atom. The summed E-state index contributed by atoms with van der Waals surface area (Å²) >= 11 is 0. The molecule has 3 aromatic rings. The highest BCUT2D eigenvalue weighted by molar-refractivity contribution is 6.00. The van der Waals surface area contributed by atoms with Gasteiger partial charge in [0.05, 0.1) is 18.2 Å². The fourth-order valence-corrected chi connectivity index (χ4v) is 3.39. The van der Waals surface area contributed by atoms with Crippen LogP contribution in [0.25, 0.3) is 11.3 Å². The molecule has 0 unspecified atom stereocenters. The van der Waals surface area contributed by atoms with Gasteiger partial charge in [-0.25, -0.2) is 0 Å². The van der Waals surface area contributed by atoms with Gasteiger partial charge in [-0.2, -0.15) is 4.24 Å². The van der Waals surface area contributed by atoms with Crippen LogP contribution in [0, 0.1) is 16.3 Å². The van der Waals surface area contributed by atoms with E-state index in [0.29, 0.717) is 16.9 Å². The van der Waals surface area contributed by atoms with E-state index < -0.39 is 4.92 Å². The topological polar surface area (TPSA) is 98.8 Å². The minimum absolute atomic E-state index is 0.0614. The average Bonchev–Trinajstić information content (AvgIpc) is 2.89. The summed E-state index contributed by atoms with van der Waals surface area (Å²) in [6.07, 6.45) is 14.0. The SMILES string of the molecule is COc1cccc(/C(O)=C\N2C=CC(=c3cc[n+](=CC(=O)c4ccc([N+](=O)[O-])cc4)cc3)C=C2)c1. The minimum Gasteiger partial charge on any atom is -0.506 e. The van der Waals surface area contributed by atoms with E-state index in [2.05, 4.69) is 0 Å². The van der Waals surface area contributed by atoms with Crippen molar-refractivity contribution in [2.45, 2.75) is 0 Å². The fourth-order valence-electron chi connectivity index (χ4n) is 3.39. The van der Waals surface area contributed by atoms with Crippen LogP contribution >= 0.6 is 0 Å². The van der Waals surface area contributed by atoms with E-state index >= 15 is 0 Å². The Kier molecular flexibility index (Phi) is 6.83. The fraction of sp³-hybridized carbons (Fsp3) is 0.0370. The van der Waals surface area contributed by atoms with Gasteiger partial charge in [-0.15, -0.1) is 0 Å². The summed E-state index contributed by atoms with van der Waals surface area (Å²) in [7, 11) is 1.58. The van der Waals surface area contributed by atoms with Gasteiger partial charge in [-0.3, -0.25) is 14.9 Å². The molecule has 0 amide bonds. The highest BCUT2D eigenvalue weighted by atomic mass is 16.6. The Bertz CT molecular complexity index is 1450. The van der Waals surface area contributed by atoms with Gasteiger partial charge in [-0.05, 0) is 47.2 Å². The van der Waals surface area contributed by atoms with Crippen LogP contribution in [-0.4, -0.2) is 27.8 Å². The number of nitro benzene ring substituents is 1. The molecule has 4 rings (SSSR count). The van der Waals surface area contributed by atoms with Crippen molar-refractivity contribution in [1.29, 1.82) is 0 Å². The number of nitro groups is 1. The van der Waals surface area contributed by atoms with E-state index in [-0.39, 0.29) is 17.2 Å². The molecular weight excluding hydrogens is 446 g/mol. The molecule has 174 valence electrons. The van der Waals surface area contributed by atoms with Crippen molar-refractivity contribution in [1.82, 2.24) is 4.90 Å². The molecule has 0 bridgehead atoms. The van der Waals surface area contributed by atoms with Gasteiger partial charge in [0.2, 0.25) is 12.0 Å². The zero-order chi connectivity index (χ0) is 24.8. The van der Waals surface area contributed by atoms with Crippen LogP contribution in [0.4, 0.5) is 5.69 Å². The first-order chi connectivity index (χ1) is 16.9. The number of methoxy groups -OCH3 is 1. The molecule has 35 heavy (non-hydrogen) atoms. The van der Waals surface area contributed by atoms with Crippen LogP contribution < -0.4 is 14.2 Å². The number of hydrogen-bond acceptors (Lipinski definition) is 6. The van der Waals surface area contributed by atoms with Gasteiger partial charge in [0, 0.05) is 47.8 Å². The first kappa shape index (κ1) is 23.2. The average molecular weight is 468 g/mol. The van der Waals surface area contributed by atoms with E-state index in [1.807, 2.05) is 48.8 Å². The Labute approximate surface area is 201 Å². The van der Waals surface area contributed by atoms with Crippen molar-refractivity contribution in [2.75, 3.05) is 7.11 Å². The first-order valence-corrected chi connectivity index (χ1v) is 10.6. The van der Waals surface area contributed by atoms with E-state index in [1.165, 1.54) is 30.5 Å². The highest BCUT2D eigenvalue weighted by Crippen LogP contribution is 2.20. The molecule has 1 aliphatic heterocycles. The number of pyridine rings is 1. The number of benzene rings is 2. The number of hydrogen-bond donors (Lipinski definition) is 1. The number of ether oxygens (including phenoxy) is 1. The minimum atomic E-state index is -0.504. The van der Waals surface area contributed by atoms with Gasteiger partial charge >= 0.3 is 0 Å². The predicted molar refractivity (Wildman–Crippen MR) is 131 cm³/mol. The van der Waals surface area contributed by atoms with Crippen molar-refractivity contribution in [2.24, 2.45) is 0 Å². The van der Waals surface area contributed by atoms with E-state index in [0.717, 1.165) is 10.8 Å². The number of rotatable bonds is 6. The van der Waals surface area contributed by atoms with Crippen LogP contribution in [0.5, 0.6) is 5.75 Å².